The van der Waals surface area contributed by atoms with Crippen molar-refractivity contribution in [1.82, 2.24) is 10.2 Å². The van der Waals surface area contributed by atoms with Gasteiger partial charge in [0.2, 0.25) is 5.91 Å². The first kappa shape index (κ1) is 9.93. The minimum absolute atomic E-state index is 0.178. The monoisotopic (exact) mass is 198 g/mol. The Balaban J connectivity index is 2.01. The van der Waals surface area contributed by atoms with Crippen molar-refractivity contribution < 1.29 is 9.53 Å². The zero-order valence-corrected chi connectivity index (χ0v) is 8.66. The summed E-state index contributed by atoms with van der Waals surface area (Å²) < 4.78 is 5.37. The van der Waals surface area contributed by atoms with E-state index in [1.165, 1.54) is 0 Å². The van der Waals surface area contributed by atoms with Gasteiger partial charge in [-0.25, -0.2) is 0 Å². The number of methoxy groups -OCH3 is 1. The molecule has 0 aliphatic carbocycles. The first-order valence-electron chi connectivity index (χ1n) is 5.36. The van der Waals surface area contributed by atoms with Crippen molar-refractivity contribution in [2.75, 3.05) is 26.7 Å². The second kappa shape index (κ2) is 4.28. The van der Waals surface area contributed by atoms with Crippen LogP contribution in [0.5, 0.6) is 0 Å². The van der Waals surface area contributed by atoms with Gasteiger partial charge in [0.15, 0.2) is 0 Å². The highest BCUT2D eigenvalue weighted by Crippen LogP contribution is 2.18. The molecule has 2 aliphatic rings. The molecule has 2 aliphatic heterocycles. The summed E-state index contributed by atoms with van der Waals surface area (Å²) in [5.74, 6) is 0.298. The third-order valence-corrected chi connectivity index (χ3v) is 3.19. The second-order valence-corrected chi connectivity index (χ2v) is 4.04. The largest absolute Gasteiger partial charge is 0.378 e. The van der Waals surface area contributed by atoms with Crippen molar-refractivity contribution in [3.63, 3.8) is 0 Å². The van der Waals surface area contributed by atoms with E-state index in [2.05, 4.69) is 5.32 Å². The van der Waals surface area contributed by atoms with E-state index >= 15 is 0 Å². The van der Waals surface area contributed by atoms with Crippen molar-refractivity contribution in [3.05, 3.63) is 0 Å². The van der Waals surface area contributed by atoms with E-state index in [1.807, 2.05) is 4.90 Å². The Morgan fingerprint density at radius 2 is 2.29 bits per heavy atom. The molecule has 0 aromatic carbocycles. The number of carbonyl (C=O) groups excluding carboxylic acids is 1. The molecule has 4 nitrogen and oxygen atoms in total. The van der Waals surface area contributed by atoms with Crippen LogP contribution in [-0.2, 0) is 9.53 Å². The summed E-state index contributed by atoms with van der Waals surface area (Å²) >= 11 is 0. The van der Waals surface area contributed by atoms with Crippen LogP contribution in [0.2, 0.25) is 0 Å². The fourth-order valence-electron chi connectivity index (χ4n) is 2.37. The fourth-order valence-corrected chi connectivity index (χ4v) is 2.37. The Kier molecular flexibility index (Phi) is 3.03. The Bertz CT molecular complexity index is 220. The molecule has 2 fully saturated rings. The standard InChI is InChI=1S/C10H18N2O2/c1-14-9-7-11-6-8(9)12-5-3-2-4-10(12)13/h8-9,11H,2-7H2,1H3/t8?,9-/m0/s1. The number of nitrogens with one attached hydrogen (secondary N) is 1. The summed E-state index contributed by atoms with van der Waals surface area (Å²) in [5.41, 5.74) is 0. The zero-order valence-electron chi connectivity index (χ0n) is 8.66. The highest BCUT2D eigenvalue weighted by Gasteiger charge is 2.35. The molecular formula is C10H18N2O2. The van der Waals surface area contributed by atoms with Gasteiger partial charge in [-0.05, 0) is 12.8 Å². The van der Waals surface area contributed by atoms with Crippen molar-refractivity contribution >= 4 is 5.91 Å². The van der Waals surface area contributed by atoms with Gasteiger partial charge in [0.05, 0.1) is 12.1 Å². The molecule has 0 radical (unpaired) electrons. The lowest BCUT2D eigenvalue weighted by Crippen LogP contribution is -2.49. The second-order valence-electron chi connectivity index (χ2n) is 4.04. The maximum absolute atomic E-state index is 11.7. The molecule has 2 heterocycles. The predicted molar refractivity (Wildman–Crippen MR) is 53.0 cm³/mol. The van der Waals surface area contributed by atoms with Crippen LogP contribution in [0.4, 0.5) is 0 Å². The molecule has 2 atom stereocenters. The summed E-state index contributed by atoms with van der Waals surface area (Å²) in [5, 5.41) is 3.27. The topological polar surface area (TPSA) is 41.6 Å². The summed E-state index contributed by atoms with van der Waals surface area (Å²) in [6.45, 7) is 2.65. The van der Waals surface area contributed by atoms with Gasteiger partial charge in [-0.1, -0.05) is 0 Å². The van der Waals surface area contributed by atoms with E-state index in [4.69, 9.17) is 4.74 Å². The molecule has 0 bridgehead atoms. The molecule has 4 heteroatoms. The van der Waals surface area contributed by atoms with Gasteiger partial charge in [-0.3, -0.25) is 4.79 Å². The fraction of sp³-hybridized carbons (Fsp3) is 0.900. The predicted octanol–water partition coefficient (Wildman–Crippen LogP) is -0.0143. The van der Waals surface area contributed by atoms with Crippen LogP contribution in [0.25, 0.3) is 0 Å². The van der Waals surface area contributed by atoms with E-state index in [-0.39, 0.29) is 12.1 Å². The SMILES string of the molecule is CO[C@H]1CNCC1N1CCCCC1=O. The number of hydrogen-bond acceptors (Lipinski definition) is 3. The van der Waals surface area contributed by atoms with Crippen molar-refractivity contribution in [2.45, 2.75) is 31.4 Å². The number of ether oxygens (including phenoxy) is 1. The van der Waals surface area contributed by atoms with Gasteiger partial charge in [0, 0.05) is 33.2 Å². The van der Waals surface area contributed by atoms with Crippen LogP contribution in [-0.4, -0.2) is 49.7 Å². The van der Waals surface area contributed by atoms with Gasteiger partial charge >= 0.3 is 0 Å². The molecule has 14 heavy (non-hydrogen) atoms. The number of piperidine rings is 1. The molecule has 0 spiro atoms. The van der Waals surface area contributed by atoms with E-state index < -0.39 is 0 Å². The lowest BCUT2D eigenvalue weighted by molar-refractivity contribution is -0.137. The molecule has 2 saturated heterocycles. The normalized spacial score (nSPS) is 33.8. The van der Waals surface area contributed by atoms with Gasteiger partial charge in [0.25, 0.3) is 0 Å². The Labute approximate surface area is 84.6 Å². The maximum Gasteiger partial charge on any atom is 0.222 e. The number of nitrogens with zero attached hydrogens (tertiary/aromatic N) is 1. The van der Waals surface area contributed by atoms with Crippen LogP contribution >= 0.6 is 0 Å². The first-order chi connectivity index (χ1) is 6.83. The van der Waals surface area contributed by atoms with Crippen LogP contribution in [0, 0.1) is 0 Å². The third kappa shape index (κ3) is 1.77. The lowest BCUT2D eigenvalue weighted by atomic mass is 10.1. The van der Waals surface area contributed by atoms with Crippen LogP contribution < -0.4 is 5.32 Å². The highest BCUT2D eigenvalue weighted by molar-refractivity contribution is 5.77. The number of amides is 1. The van der Waals surface area contributed by atoms with Gasteiger partial charge in [0.1, 0.15) is 0 Å². The van der Waals surface area contributed by atoms with Gasteiger partial charge in [-0.2, -0.15) is 0 Å². The molecular weight excluding hydrogens is 180 g/mol. The minimum atomic E-state index is 0.178. The van der Waals surface area contributed by atoms with Crippen LogP contribution in [0.1, 0.15) is 19.3 Å². The van der Waals surface area contributed by atoms with E-state index in [0.717, 1.165) is 32.5 Å². The van der Waals surface area contributed by atoms with Crippen molar-refractivity contribution in [2.24, 2.45) is 0 Å². The van der Waals surface area contributed by atoms with Gasteiger partial charge < -0.3 is 15.0 Å². The minimum Gasteiger partial charge on any atom is -0.378 e. The quantitative estimate of drug-likeness (QED) is 0.678. The summed E-state index contributed by atoms with van der Waals surface area (Å²) in [7, 11) is 1.72. The number of carbonyl (C=O) groups is 1. The Hall–Kier alpha value is -0.610. The van der Waals surface area contributed by atoms with Crippen molar-refractivity contribution in [1.29, 1.82) is 0 Å². The van der Waals surface area contributed by atoms with E-state index in [9.17, 15) is 4.79 Å². The molecule has 0 aromatic rings. The van der Waals surface area contributed by atoms with Crippen molar-refractivity contribution in [3.8, 4) is 0 Å². The number of hydrogen-bond donors (Lipinski definition) is 1. The number of rotatable bonds is 2. The smallest absolute Gasteiger partial charge is 0.222 e. The molecule has 0 saturated carbocycles. The average molecular weight is 198 g/mol. The number of likely N-dealkylation sites (tertiary alicyclic amines) is 1. The zero-order chi connectivity index (χ0) is 9.97. The van der Waals surface area contributed by atoms with Gasteiger partial charge in [-0.15, -0.1) is 0 Å². The summed E-state index contributed by atoms with van der Waals surface area (Å²) in [6.07, 6.45) is 3.08. The molecule has 1 amide bonds. The van der Waals surface area contributed by atoms with E-state index in [0.29, 0.717) is 12.3 Å². The van der Waals surface area contributed by atoms with E-state index in [1.54, 1.807) is 7.11 Å². The Morgan fingerprint density at radius 1 is 1.43 bits per heavy atom. The Morgan fingerprint density at radius 3 is 3.00 bits per heavy atom. The lowest BCUT2D eigenvalue weighted by Gasteiger charge is -2.34. The summed E-state index contributed by atoms with van der Waals surface area (Å²) in [4.78, 5) is 13.7. The van der Waals surface area contributed by atoms with Crippen LogP contribution in [0.3, 0.4) is 0 Å². The third-order valence-electron chi connectivity index (χ3n) is 3.19. The first-order valence-corrected chi connectivity index (χ1v) is 5.36. The molecule has 1 N–H and O–H groups in total. The van der Waals surface area contributed by atoms with Crippen LogP contribution in [0.15, 0.2) is 0 Å². The summed E-state index contributed by atoms with van der Waals surface area (Å²) in [6, 6.07) is 0.257. The average Bonchev–Trinajstić information content (AvgIpc) is 2.66. The molecule has 1 unspecified atom stereocenters. The molecule has 80 valence electrons. The molecule has 0 aromatic heterocycles. The molecule has 2 rings (SSSR count). The maximum atomic E-state index is 11.7. The highest BCUT2D eigenvalue weighted by atomic mass is 16.5.